The standard InChI is InChI=1S/C19H33N5O2/c1-5-20-17(21-13-18(3,25)14-11-22-24(4)12-14)23-15-10-16(26-6-2)19(15)8-7-9-19/h11-12,15-16,25H,5-10,13H2,1-4H3,(H2,20,21,23). The molecule has 2 aliphatic rings. The third-order valence-corrected chi connectivity index (χ3v) is 5.96. The number of aryl methyl sites for hydroxylation is 1. The van der Waals surface area contributed by atoms with Crippen molar-refractivity contribution in [3.05, 3.63) is 18.0 Å². The second-order valence-electron chi connectivity index (χ2n) is 7.84. The van der Waals surface area contributed by atoms with E-state index in [1.54, 1.807) is 17.8 Å². The van der Waals surface area contributed by atoms with Crippen LogP contribution in [0.2, 0.25) is 0 Å². The van der Waals surface area contributed by atoms with Crippen LogP contribution in [0.5, 0.6) is 0 Å². The highest BCUT2D eigenvalue weighted by atomic mass is 16.5. The molecule has 7 nitrogen and oxygen atoms in total. The Morgan fingerprint density at radius 2 is 2.27 bits per heavy atom. The van der Waals surface area contributed by atoms with E-state index in [2.05, 4.69) is 34.6 Å². The number of rotatable bonds is 7. The highest BCUT2D eigenvalue weighted by molar-refractivity contribution is 5.80. The lowest BCUT2D eigenvalue weighted by molar-refractivity contribution is -0.168. The predicted molar refractivity (Wildman–Crippen MR) is 102 cm³/mol. The summed E-state index contributed by atoms with van der Waals surface area (Å²) < 4.78 is 7.63. The maximum Gasteiger partial charge on any atom is 0.191 e. The van der Waals surface area contributed by atoms with E-state index in [0.29, 0.717) is 12.1 Å². The Morgan fingerprint density at radius 3 is 2.81 bits per heavy atom. The summed E-state index contributed by atoms with van der Waals surface area (Å²) in [6.07, 6.45) is 8.66. The Balaban J connectivity index is 1.65. The van der Waals surface area contributed by atoms with Crippen LogP contribution in [-0.4, -0.2) is 52.7 Å². The van der Waals surface area contributed by atoms with Crippen LogP contribution in [-0.2, 0) is 17.4 Å². The molecule has 146 valence electrons. The summed E-state index contributed by atoms with van der Waals surface area (Å²) in [5.74, 6) is 0.767. The van der Waals surface area contributed by atoms with Crippen molar-refractivity contribution >= 4 is 5.96 Å². The maximum absolute atomic E-state index is 10.8. The molecule has 0 aliphatic heterocycles. The van der Waals surface area contributed by atoms with E-state index in [-0.39, 0.29) is 12.0 Å². The first-order valence-corrected chi connectivity index (χ1v) is 9.79. The second-order valence-corrected chi connectivity index (χ2v) is 7.84. The van der Waals surface area contributed by atoms with Crippen molar-refractivity contribution in [3.8, 4) is 0 Å². The zero-order valence-electron chi connectivity index (χ0n) is 16.5. The van der Waals surface area contributed by atoms with Crippen molar-refractivity contribution in [2.24, 2.45) is 17.5 Å². The zero-order chi connectivity index (χ0) is 18.8. The van der Waals surface area contributed by atoms with E-state index in [1.165, 1.54) is 19.3 Å². The molecule has 1 aromatic heterocycles. The van der Waals surface area contributed by atoms with Gasteiger partial charge in [-0.05, 0) is 40.0 Å². The van der Waals surface area contributed by atoms with Gasteiger partial charge in [0.1, 0.15) is 5.60 Å². The van der Waals surface area contributed by atoms with E-state index in [9.17, 15) is 5.11 Å². The van der Waals surface area contributed by atoms with E-state index < -0.39 is 5.60 Å². The van der Waals surface area contributed by atoms with Crippen LogP contribution in [0.1, 0.15) is 52.0 Å². The average molecular weight is 364 g/mol. The molecule has 0 bridgehead atoms. The molecule has 2 fully saturated rings. The lowest BCUT2D eigenvalue weighted by atomic mass is 9.51. The van der Waals surface area contributed by atoms with Gasteiger partial charge in [-0.15, -0.1) is 0 Å². The van der Waals surface area contributed by atoms with Gasteiger partial charge in [0.25, 0.3) is 0 Å². The minimum absolute atomic E-state index is 0.276. The third kappa shape index (κ3) is 3.60. The summed E-state index contributed by atoms with van der Waals surface area (Å²) in [5.41, 5.74) is 0.00570. The number of hydrogen-bond donors (Lipinski definition) is 3. The summed E-state index contributed by atoms with van der Waals surface area (Å²) in [6, 6.07) is 0.397. The molecule has 3 unspecified atom stereocenters. The van der Waals surface area contributed by atoms with Gasteiger partial charge < -0.3 is 20.5 Å². The van der Waals surface area contributed by atoms with Crippen molar-refractivity contribution in [1.82, 2.24) is 20.4 Å². The molecule has 0 saturated heterocycles. The maximum atomic E-state index is 10.8. The van der Waals surface area contributed by atoms with Gasteiger partial charge in [0.2, 0.25) is 0 Å². The number of aliphatic imine (C=N–C) groups is 1. The van der Waals surface area contributed by atoms with Crippen LogP contribution in [0.15, 0.2) is 17.4 Å². The highest BCUT2D eigenvalue weighted by Crippen LogP contribution is 2.57. The first kappa shape index (κ1) is 19.2. The Morgan fingerprint density at radius 1 is 1.50 bits per heavy atom. The Kier molecular flexibility index (Phi) is 5.58. The van der Waals surface area contributed by atoms with Crippen LogP contribution in [0, 0.1) is 5.41 Å². The lowest BCUT2D eigenvalue weighted by Crippen LogP contribution is -2.68. The van der Waals surface area contributed by atoms with Gasteiger partial charge in [0, 0.05) is 43.4 Å². The first-order valence-electron chi connectivity index (χ1n) is 9.79. The SMILES string of the molecule is CCNC(=NCC(C)(O)c1cnn(C)c1)NC1CC(OCC)C12CCC2. The molecule has 3 N–H and O–H groups in total. The van der Waals surface area contributed by atoms with E-state index >= 15 is 0 Å². The molecule has 1 spiro atoms. The van der Waals surface area contributed by atoms with Gasteiger partial charge in [-0.3, -0.25) is 4.68 Å². The molecule has 3 atom stereocenters. The molecule has 1 heterocycles. The molecule has 7 heteroatoms. The molecule has 0 radical (unpaired) electrons. The summed E-state index contributed by atoms with van der Waals surface area (Å²) in [6.45, 7) is 7.75. The lowest BCUT2D eigenvalue weighted by Gasteiger charge is -2.61. The van der Waals surface area contributed by atoms with E-state index in [1.807, 2.05) is 13.2 Å². The second kappa shape index (κ2) is 7.56. The fourth-order valence-electron chi connectivity index (χ4n) is 4.15. The quantitative estimate of drug-likeness (QED) is 0.505. The monoisotopic (exact) mass is 363 g/mol. The fourth-order valence-corrected chi connectivity index (χ4v) is 4.15. The fraction of sp³-hybridized carbons (Fsp3) is 0.789. The highest BCUT2D eigenvalue weighted by Gasteiger charge is 2.59. The van der Waals surface area contributed by atoms with Gasteiger partial charge in [-0.2, -0.15) is 5.10 Å². The zero-order valence-corrected chi connectivity index (χ0v) is 16.5. The Labute approximate surface area is 156 Å². The normalized spacial score (nSPS) is 26.7. The number of guanidine groups is 1. The predicted octanol–water partition coefficient (Wildman–Crippen LogP) is 1.53. The Bertz CT molecular complexity index is 636. The van der Waals surface area contributed by atoms with E-state index in [0.717, 1.165) is 31.1 Å². The molecular weight excluding hydrogens is 330 g/mol. The number of hydrogen-bond acceptors (Lipinski definition) is 4. The van der Waals surface area contributed by atoms with Gasteiger partial charge in [0.05, 0.1) is 18.8 Å². The molecular formula is C19H33N5O2. The number of aromatic nitrogens is 2. The molecule has 2 saturated carbocycles. The van der Waals surface area contributed by atoms with Gasteiger partial charge in [0.15, 0.2) is 5.96 Å². The Hall–Kier alpha value is -1.60. The number of aliphatic hydroxyl groups is 1. The summed E-state index contributed by atoms with van der Waals surface area (Å²) in [4.78, 5) is 4.65. The number of nitrogens with zero attached hydrogens (tertiary/aromatic N) is 3. The third-order valence-electron chi connectivity index (χ3n) is 5.96. The number of nitrogens with one attached hydrogen (secondary N) is 2. The molecule has 3 rings (SSSR count). The largest absolute Gasteiger partial charge is 0.383 e. The van der Waals surface area contributed by atoms with Gasteiger partial charge in [-0.1, -0.05) is 6.42 Å². The summed E-state index contributed by atoms with van der Waals surface area (Å²) in [7, 11) is 1.85. The van der Waals surface area contributed by atoms with Crippen molar-refractivity contribution in [3.63, 3.8) is 0 Å². The van der Waals surface area contributed by atoms with Crippen LogP contribution >= 0.6 is 0 Å². The van der Waals surface area contributed by atoms with Gasteiger partial charge in [-0.25, -0.2) is 4.99 Å². The smallest absolute Gasteiger partial charge is 0.191 e. The van der Waals surface area contributed by atoms with Crippen LogP contribution < -0.4 is 10.6 Å². The summed E-state index contributed by atoms with van der Waals surface area (Å²) >= 11 is 0. The van der Waals surface area contributed by atoms with Gasteiger partial charge >= 0.3 is 0 Å². The molecule has 1 aromatic rings. The topological polar surface area (TPSA) is 83.7 Å². The molecule has 2 aliphatic carbocycles. The molecule has 26 heavy (non-hydrogen) atoms. The summed E-state index contributed by atoms with van der Waals surface area (Å²) in [5, 5.41) is 21.8. The average Bonchev–Trinajstić information content (AvgIpc) is 2.97. The molecule has 0 amide bonds. The van der Waals surface area contributed by atoms with Crippen molar-refractivity contribution < 1.29 is 9.84 Å². The minimum atomic E-state index is -1.04. The van der Waals surface area contributed by atoms with Crippen LogP contribution in [0.25, 0.3) is 0 Å². The van der Waals surface area contributed by atoms with Crippen molar-refractivity contribution in [1.29, 1.82) is 0 Å². The van der Waals surface area contributed by atoms with Crippen LogP contribution in [0.4, 0.5) is 0 Å². The number of ether oxygens (including phenoxy) is 1. The minimum Gasteiger partial charge on any atom is -0.383 e. The van der Waals surface area contributed by atoms with E-state index in [4.69, 9.17) is 4.74 Å². The van der Waals surface area contributed by atoms with Crippen molar-refractivity contribution in [2.45, 2.75) is 64.2 Å². The van der Waals surface area contributed by atoms with Crippen LogP contribution in [0.3, 0.4) is 0 Å². The molecule has 0 aromatic carbocycles. The first-order chi connectivity index (χ1) is 12.4. The van der Waals surface area contributed by atoms with Crippen molar-refractivity contribution in [2.75, 3.05) is 19.7 Å².